The lowest BCUT2D eigenvalue weighted by molar-refractivity contribution is -0.123. The molecule has 6 heteroatoms. The summed E-state index contributed by atoms with van der Waals surface area (Å²) < 4.78 is 0. The van der Waals surface area contributed by atoms with Crippen LogP contribution in [0.2, 0.25) is 0 Å². The second-order valence-electron chi connectivity index (χ2n) is 7.69. The van der Waals surface area contributed by atoms with Crippen LogP contribution in [0.1, 0.15) is 37.3 Å². The standard InChI is InChI=1S/C20H31N5O/c1-14-9-18(14)24-20(22-2)23-11-15-5-3-6-16(10-15)12-25-8-4-7-17(13-25)19(21)26/h3,5-6,10,14,17-18H,4,7-9,11-13H2,1-2H3,(H2,21,26)(H2,22,23,24). The van der Waals surface area contributed by atoms with Crippen molar-refractivity contribution in [1.29, 1.82) is 0 Å². The van der Waals surface area contributed by atoms with Gasteiger partial charge in [-0.05, 0) is 42.9 Å². The normalized spacial score (nSPS) is 26.4. The maximum absolute atomic E-state index is 11.5. The number of primary amides is 1. The summed E-state index contributed by atoms with van der Waals surface area (Å²) >= 11 is 0. The number of carbonyl (C=O) groups excluding carboxylic acids is 1. The van der Waals surface area contributed by atoms with Crippen LogP contribution in [-0.4, -0.2) is 42.9 Å². The third-order valence-electron chi connectivity index (χ3n) is 5.42. The molecule has 0 bridgehead atoms. The van der Waals surface area contributed by atoms with Crippen LogP contribution in [-0.2, 0) is 17.9 Å². The Kier molecular flexibility index (Phi) is 6.14. The molecule has 6 nitrogen and oxygen atoms in total. The monoisotopic (exact) mass is 357 g/mol. The summed E-state index contributed by atoms with van der Waals surface area (Å²) in [5.74, 6) is 1.43. The van der Waals surface area contributed by atoms with Crippen LogP contribution in [0.3, 0.4) is 0 Å². The van der Waals surface area contributed by atoms with E-state index in [1.54, 1.807) is 0 Å². The van der Waals surface area contributed by atoms with Crippen LogP contribution in [0, 0.1) is 11.8 Å². The largest absolute Gasteiger partial charge is 0.369 e. The molecule has 26 heavy (non-hydrogen) atoms. The number of guanidine groups is 1. The van der Waals surface area contributed by atoms with Crippen LogP contribution in [0.15, 0.2) is 29.3 Å². The summed E-state index contributed by atoms with van der Waals surface area (Å²) in [5.41, 5.74) is 7.99. The maximum Gasteiger partial charge on any atom is 0.221 e. The molecule has 4 N–H and O–H groups in total. The van der Waals surface area contributed by atoms with Crippen LogP contribution in [0.5, 0.6) is 0 Å². The molecule has 1 heterocycles. The number of likely N-dealkylation sites (tertiary alicyclic amines) is 1. The zero-order valence-corrected chi connectivity index (χ0v) is 15.9. The topological polar surface area (TPSA) is 82.8 Å². The SMILES string of the molecule is CN=C(NCc1cccc(CN2CCCC(C(N)=O)C2)c1)NC1CC1C. The molecule has 3 unspecified atom stereocenters. The van der Waals surface area contributed by atoms with E-state index in [0.29, 0.717) is 6.04 Å². The molecule has 1 aliphatic heterocycles. The van der Waals surface area contributed by atoms with E-state index in [1.807, 2.05) is 7.05 Å². The summed E-state index contributed by atoms with van der Waals surface area (Å²) in [6.07, 6.45) is 3.18. The van der Waals surface area contributed by atoms with E-state index < -0.39 is 0 Å². The molecule has 142 valence electrons. The third-order valence-corrected chi connectivity index (χ3v) is 5.42. The predicted molar refractivity (Wildman–Crippen MR) is 105 cm³/mol. The Balaban J connectivity index is 1.52. The zero-order valence-electron chi connectivity index (χ0n) is 15.9. The Bertz CT molecular complexity index is 659. The molecule has 1 saturated carbocycles. The Morgan fingerprint density at radius 1 is 1.38 bits per heavy atom. The molecule has 1 aromatic rings. The number of hydrogen-bond donors (Lipinski definition) is 3. The van der Waals surface area contributed by atoms with Crippen molar-refractivity contribution in [3.8, 4) is 0 Å². The van der Waals surface area contributed by atoms with E-state index in [2.05, 4.69) is 51.7 Å². The van der Waals surface area contributed by atoms with Gasteiger partial charge >= 0.3 is 0 Å². The Labute approximate surface area is 156 Å². The fraction of sp³-hybridized carbons (Fsp3) is 0.600. The Morgan fingerprint density at radius 2 is 2.15 bits per heavy atom. The first-order valence-electron chi connectivity index (χ1n) is 9.62. The average molecular weight is 358 g/mol. The summed E-state index contributed by atoms with van der Waals surface area (Å²) in [6, 6.07) is 9.17. The lowest BCUT2D eigenvalue weighted by Crippen LogP contribution is -2.40. The van der Waals surface area contributed by atoms with Crippen molar-refractivity contribution in [2.45, 2.75) is 45.3 Å². The molecule has 0 spiro atoms. The number of hydrogen-bond acceptors (Lipinski definition) is 3. The predicted octanol–water partition coefficient (Wildman–Crippen LogP) is 1.46. The van der Waals surface area contributed by atoms with E-state index in [0.717, 1.165) is 50.9 Å². The molecule has 1 amide bonds. The van der Waals surface area contributed by atoms with Crippen molar-refractivity contribution < 1.29 is 4.79 Å². The van der Waals surface area contributed by atoms with Gasteiger partial charge in [-0.2, -0.15) is 0 Å². The van der Waals surface area contributed by atoms with Crippen LogP contribution >= 0.6 is 0 Å². The molecular formula is C20H31N5O. The number of benzene rings is 1. The molecule has 1 aromatic carbocycles. The van der Waals surface area contributed by atoms with Crippen molar-refractivity contribution in [2.75, 3.05) is 20.1 Å². The summed E-state index contributed by atoms with van der Waals surface area (Å²) in [7, 11) is 1.81. The molecule has 3 atom stereocenters. The Hall–Kier alpha value is -2.08. The quantitative estimate of drug-likeness (QED) is 0.532. The number of rotatable bonds is 6. The first-order valence-corrected chi connectivity index (χ1v) is 9.62. The van der Waals surface area contributed by atoms with Gasteiger partial charge in [0.05, 0.1) is 5.92 Å². The summed E-state index contributed by atoms with van der Waals surface area (Å²) in [4.78, 5) is 18.1. The first kappa shape index (κ1) is 18.7. The van der Waals surface area contributed by atoms with Crippen molar-refractivity contribution >= 4 is 11.9 Å². The van der Waals surface area contributed by atoms with Crippen LogP contribution in [0.25, 0.3) is 0 Å². The molecule has 2 fully saturated rings. The highest BCUT2D eigenvalue weighted by molar-refractivity contribution is 5.80. The highest BCUT2D eigenvalue weighted by atomic mass is 16.1. The molecule has 3 rings (SSSR count). The lowest BCUT2D eigenvalue weighted by Gasteiger charge is -2.31. The zero-order chi connectivity index (χ0) is 18.5. The van der Waals surface area contributed by atoms with E-state index in [4.69, 9.17) is 5.73 Å². The number of nitrogens with two attached hydrogens (primary N) is 1. The van der Waals surface area contributed by atoms with Gasteiger partial charge < -0.3 is 16.4 Å². The number of amides is 1. The van der Waals surface area contributed by atoms with E-state index in [9.17, 15) is 4.79 Å². The van der Waals surface area contributed by atoms with Gasteiger partial charge in [-0.25, -0.2) is 0 Å². The number of aliphatic imine (C=N–C) groups is 1. The van der Waals surface area contributed by atoms with E-state index in [1.165, 1.54) is 17.5 Å². The number of piperidine rings is 1. The highest BCUT2D eigenvalue weighted by Crippen LogP contribution is 2.28. The van der Waals surface area contributed by atoms with Crippen molar-refractivity contribution in [3.05, 3.63) is 35.4 Å². The average Bonchev–Trinajstić information content (AvgIpc) is 3.34. The minimum absolute atomic E-state index is 0.00665. The van der Waals surface area contributed by atoms with Gasteiger partial charge in [0.25, 0.3) is 0 Å². The second kappa shape index (κ2) is 8.54. The second-order valence-corrected chi connectivity index (χ2v) is 7.69. The Morgan fingerprint density at radius 3 is 2.85 bits per heavy atom. The minimum Gasteiger partial charge on any atom is -0.369 e. The maximum atomic E-state index is 11.5. The molecule has 0 radical (unpaired) electrons. The van der Waals surface area contributed by atoms with Gasteiger partial charge in [-0.15, -0.1) is 0 Å². The minimum atomic E-state index is -0.170. The van der Waals surface area contributed by atoms with Gasteiger partial charge in [-0.1, -0.05) is 31.2 Å². The highest BCUT2D eigenvalue weighted by Gasteiger charge is 2.33. The van der Waals surface area contributed by atoms with Crippen molar-refractivity contribution in [2.24, 2.45) is 22.6 Å². The number of nitrogens with one attached hydrogen (secondary N) is 2. The fourth-order valence-electron chi connectivity index (χ4n) is 3.61. The smallest absolute Gasteiger partial charge is 0.221 e. The van der Waals surface area contributed by atoms with Crippen molar-refractivity contribution in [1.82, 2.24) is 15.5 Å². The molecular weight excluding hydrogens is 326 g/mol. The fourth-order valence-corrected chi connectivity index (χ4v) is 3.61. The lowest BCUT2D eigenvalue weighted by atomic mass is 9.97. The molecule has 1 saturated heterocycles. The molecule has 0 aromatic heterocycles. The third kappa shape index (κ3) is 5.21. The van der Waals surface area contributed by atoms with Gasteiger partial charge in [-0.3, -0.25) is 14.7 Å². The van der Waals surface area contributed by atoms with Gasteiger partial charge in [0.1, 0.15) is 0 Å². The molecule has 1 aliphatic carbocycles. The first-order chi connectivity index (χ1) is 12.5. The van der Waals surface area contributed by atoms with Crippen molar-refractivity contribution in [3.63, 3.8) is 0 Å². The molecule has 2 aliphatic rings. The van der Waals surface area contributed by atoms with Gasteiger partial charge in [0.15, 0.2) is 5.96 Å². The summed E-state index contributed by atoms with van der Waals surface area (Å²) in [6.45, 7) is 5.66. The van der Waals surface area contributed by atoms with Crippen LogP contribution in [0.4, 0.5) is 0 Å². The van der Waals surface area contributed by atoms with E-state index in [-0.39, 0.29) is 11.8 Å². The van der Waals surface area contributed by atoms with E-state index >= 15 is 0 Å². The van der Waals surface area contributed by atoms with Gasteiger partial charge in [0, 0.05) is 32.7 Å². The van der Waals surface area contributed by atoms with Crippen LogP contribution < -0.4 is 16.4 Å². The number of nitrogens with zero attached hydrogens (tertiary/aromatic N) is 2. The number of carbonyl (C=O) groups is 1. The van der Waals surface area contributed by atoms with Gasteiger partial charge in [0.2, 0.25) is 5.91 Å². The summed E-state index contributed by atoms with van der Waals surface area (Å²) in [5, 5.41) is 6.84.